The number of amides is 1. The Kier molecular flexibility index (Phi) is 6.28. The Hall–Kier alpha value is -4.60. The van der Waals surface area contributed by atoms with Crippen molar-refractivity contribution in [3.05, 3.63) is 101 Å². The van der Waals surface area contributed by atoms with E-state index in [1.165, 1.54) is 54.6 Å². The summed E-state index contributed by atoms with van der Waals surface area (Å²) >= 11 is 0. The number of hydrogen-bond acceptors (Lipinski definition) is 5. The third-order valence-corrected chi connectivity index (χ3v) is 5.36. The van der Waals surface area contributed by atoms with Crippen molar-refractivity contribution in [3.8, 4) is 5.75 Å². The maximum absolute atomic E-state index is 13.4. The van der Waals surface area contributed by atoms with Gasteiger partial charge in [0.05, 0.1) is 17.2 Å². The van der Waals surface area contributed by atoms with Gasteiger partial charge in [0.2, 0.25) is 0 Å². The molecule has 1 saturated heterocycles. The summed E-state index contributed by atoms with van der Waals surface area (Å²) < 4.78 is 44.3. The number of aliphatic hydroxyl groups excluding tert-OH is 1. The van der Waals surface area contributed by atoms with Gasteiger partial charge in [0, 0.05) is 16.8 Å². The average molecular weight is 483 g/mol. The fraction of sp³-hybridized carbons (Fsp3) is 0.0800. The molecule has 0 spiro atoms. The highest BCUT2D eigenvalue weighted by molar-refractivity contribution is 6.51. The summed E-state index contributed by atoms with van der Waals surface area (Å²) in [6.45, 7) is -3.23. The van der Waals surface area contributed by atoms with Crippen molar-refractivity contribution in [1.82, 2.24) is 0 Å². The van der Waals surface area contributed by atoms with E-state index in [1.807, 2.05) is 0 Å². The number of ether oxygens (including phenoxy) is 1. The average Bonchev–Trinajstić information content (AvgIpc) is 3.09. The lowest BCUT2D eigenvalue weighted by Gasteiger charge is -2.27. The SMILES string of the molecule is O=C1C(=O)N(c2cccc(C(=O)O)c2)C(c2ccccc2OC(F)F)/C1=C(\O)c1ccc(F)cc1. The van der Waals surface area contributed by atoms with Gasteiger partial charge in [-0.05, 0) is 48.5 Å². The molecule has 0 saturated carbocycles. The van der Waals surface area contributed by atoms with Crippen LogP contribution in [0, 0.1) is 5.82 Å². The summed E-state index contributed by atoms with van der Waals surface area (Å²) in [4.78, 5) is 38.6. The minimum absolute atomic E-state index is 0.000876. The first-order chi connectivity index (χ1) is 16.7. The maximum atomic E-state index is 13.4. The Morgan fingerprint density at radius 1 is 0.914 bits per heavy atom. The number of Topliss-reactive ketones (excluding diaryl/α,β-unsaturated/α-hetero) is 1. The zero-order valence-corrected chi connectivity index (χ0v) is 17.7. The van der Waals surface area contributed by atoms with Crippen LogP contribution in [0.5, 0.6) is 5.75 Å². The summed E-state index contributed by atoms with van der Waals surface area (Å²) in [6, 6.07) is 13.5. The number of benzene rings is 3. The van der Waals surface area contributed by atoms with Crippen molar-refractivity contribution in [2.24, 2.45) is 0 Å². The monoisotopic (exact) mass is 483 g/mol. The number of carboxylic acid groups (broad SMARTS) is 1. The Morgan fingerprint density at radius 3 is 2.26 bits per heavy atom. The third kappa shape index (κ3) is 4.45. The van der Waals surface area contributed by atoms with E-state index < -0.39 is 47.5 Å². The first kappa shape index (κ1) is 23.6. The maximum Gasteiger partial charge on any atom is 0.387 e. The molecule has 1 aliphatic heterocycles. The van der Waals surface area contributed by atoms with Crippen molar-refractivity contribution >= 4 is 29.1 Å². The van der Waals surface area contributed by atoms with Gasteiger partial charge in [-0.25, -0.2) is 9.18 Å². The second kappa shape index (κ2) is 9.34. The number of halogens is 3. The van der Waals surface area contributed by atoms with Crippen LogP contribution in [0.25, 0.3) is 5.76 Å². The second-order valence-electron chi connectivity index (χ2n) is 7.45. The van der Waals surface area contributed by atoms with Crippen molar-refractivity contribution in [1.29, 1.82) is 0 Å². The summed E-state index contributed by atoms with van der Waals surface area (Å²) in [5.41, 5.74) is -0.745. The molecule has 1 fully saturated rings. The summed E-state index contributed by atoms with van der Waals surface area (Å²) in [7, 11) is 0. The Morgan fingerprint density at radius 2 is 1.60 bits per heavy atom. The molecular formula is C25H16F3NO6. The molecule has 35 heavy (non-hydrogen) atoms. The van der Waals surface area contributed by atoms with Crippen LogP contribution in [0.3, 0.4) is 0 Å². The van der Waals surface area contributed by atoms with Crippen LogP contribution >= 0.6 is 0 Å². The minimum atomic E-state index is -3.23. The van der Waals surface area contributed by atoms with Crippen LogP contribution in [0.4, 0.5) is 18.9 Å². The van der Waals surface area contributed by atoms with Gasteiger partial charge in [0.25, 0.3) is 11.7 Å². The Balaban J connectivity index is 1.99. The molecule has 4 rings (SSSR count). The van der Waals surface area contributed by atoms with E-state index in [1.54, 1.807) is 0 Å². The molecule has 1 atom stereocenters. The van der Waals surface area contributed by atoms with E-state index in [9.17, 15) is 37.8 Å². The number of nitrogens with zero attached hydrogens (tertiary/aromatic N) is 1. The normalized spacial score (nSPS) is 17.1. The molecule has 3 aromatic rings. The highest BCUT2D eigenvalue weighted by Gasteiger charge is 2.48. The van der Waals surface area contributed by atoms with Gasteiger partial charge in [0.1, 0.15) is 17.3 Å². The zero-order chi connectivity index (χ0) is 25.3. The lowest BCUT2D eigenvalue weighted by atomic mass is 9.94. The molecule has 0 aliphatic carbocycles. The van der Waals surface area contributed by atoms with Gasteiger partial charge in [-0.2, -0.15) is 8.78 Å². The molecule has 0 radical (unpaired) electrons. The highest BCUT2D eigenvalue weighted by Crippen LogP contribution is 2.45. The Bertz CT molecular complexity index is 1350. The first-order valence-electron chi connectivity index (χ1n) is 10.1. The first-order valence-corrected chi connectivity index (χ1v) is 10.1. The number of carbonyl (C=O) groups is 3. The predicted molar refractivity (Wildman–Crippen MR) is 118 cm³/mol. The van der Waals surface area contributed by atoms with Gasteiger partial charge in [0.15, 0.2) is 0 Å². The number of alkyl halides is 2. The van der Waals surface area contributed by atoms with Crippen LogP contribution in [0.15, 0.2) is 78.4 Å². The topological polar surface area (TPSA) is 104 Å². The fourth-order valence-electron chi connectivity index (χ4n) is 3.85. The van der Waals surface area contributed by atoms with Crippen molar-refractivity contribution in [2.45, 2.75) is 12.7 Å². The number of hydrogen-bond donors (Lipinski definition) is 2. The number of para-hydroxylation sites is 1. The summed E-state index contributed by atoms with van der Waals surface area (Å²) in [5.74, 6) is -5.22. The van der Waals surface area contributed by atoms with E-state index in [0.29, 0.717) is 0 Å². The van der Waals surface area contributed by atoms with Crippen molar-refractivity contribution in [2.75, 3.05) is 4.90 Å². The fourth-order valence-corrected chi connectivity index (χ4v) is 3.85. The van der Waals surface area contributed by atoms with Gasteiger partial charge >= 0.3 is 12.6 Å². The molecule has 0 aromatic heterocycles. The van der Waals surface area contributed by atoms with Crippen LogP contribution < -0.4 is 9.64 Å². The molecule has 7 nitrogen and oxygen atoms in total. The van der Waals surface area contributed by atoms with E-state index in [-0.39, 0.29) is 28.1 Å². The largest absolute Gasteiger partial charge is 0.507 e. The minimum Gasteiger partial charge on any atom is -0.507 e. The van der Waals surface area contributed by atoms with Crippen LogP contribution in [0.1, 0.15) is 27.5 Å². The third-order valence-electron chi connectivity index (χ3n) is 5.36. The second-order valence-corrected chi connectivity index (χ2v) is 7.45. The molecule has 1 amide bonds. The van der Waals surface area contributed by atoms with E-state index in [4.69, 9.17) is 0 Å². The predicted octanol–water partition coefficient (Wildman–Crippen LogP) is 4.75. The number of rotatable bonds is 6. The summed E-state index contributed by atoms with van der Waals surface area (Å²) in [6.07, 6.45) is 0. The van der Waals surface area contributed by atoms with E-state index in [2.05, 4.69) is 4.74 Å². The molecule has 0 bridgehead atoms. The molecule has 10 heteroatoms. The molecule has 3 aromatic carbocycles. The van der Waals surface area contributed by atoms with Gasteiger partial charge in [-0.15, -0.1) is 0 Å². The van der Waals surface area contributed by atoms with Gasteiger partial charge in [-0.1, -0.05) is 24.3 Å². The van der Waals surface area contributed by atoms with Crippen molar-refractivity contribution in [3.63, 3.8) is 0 Å². The van der Waals surface area contributed by atoms with Crippen molar-refractivity contribution < 1.29 is 42.5 Å². The highest BCUT2D eigenvalue weighted by atomic mass is 19.3. The van der Waals surface area contributed by atoms with Gasteiger partial charge in [-0.3, -0.25) is 14.5 Å². The van der Waals surface area contributed by atoms with E-state index >= 15 is 0 Å². The number of carboxylic acids is 1. The molecule has 1 heterocycles. The molecular weight excluding hydrogens is 467 g/mol. The molecule has 1 aliphatic rings. The molecule has 2 N–H and O–H groups in total. The van der Waals surface area contributed by atoms with Crippen LogP contribution in [0.2, 0.25) is 0 Å². The number of carbonyl (C=O) groups excluding carboxylic acids is 2. The lowest BCUT2D eigenvalue weighted by Crippen LogP contribution is -2.30. The lowest BCUT2D eigenvalue weighted by molar-refractivity contribution is -0.132. The van der Waals surface area contributed by atoms with E-state index in [0.717, 1.165) is 23.1 Å². The number of ketones is 1. The van der Waals surface area contributed by atoms with Crippen LogP contribution in [-0.2, 0) is 9.59 Å². The standard InChI is InChI=1S/C25H16F3NO6/c26-15-10-8-13(9-11-15)21(30)19-20(17-6-1-2-7-18(17)35-25(27)28)29(23(32)22(19)31)16-5-3-4-14(12-16)24(33)34/h1-12,20,25,30H,(H,33,34)/b21-19+. The molecule has 1 unspecified atom stereocenters. The number of aromatic carboxylic acids is 1. The van der Waals surface area contributed by atoms with Crippen LogP contribution in [-0.4, -0.2) is 34.5 Å². The molecule has 178 valence electrons. The number of aliphatic hydroxyl groups is 1. The smallest absolute Gasteiger partial charge is 0.387 e. The zero-order valence-electron chi connectivity index (χ0n) is 17.7. The quantitative estimate of drug-likeness (QED) is 0.298. The van der Waals surface area contributed by atoms with Gasteiger partial charge < -0.3 is 14.9 Å². The summed E-state index contributed by atoms with van der Waals surface area (Å²) in [5, 5.41) is 20.3. The Labute approximate surface area is 196 Å². The number of anilines is 1.